The molecule has 3 aromatic rings. The summed E-state index contributed by atoms with van der Waals surface area (Å²) in [5, 5.41) is 6.35. The minimum atomic E-state index is -3.59. The number of hydrogen-bond donors (Lipinski definition) is 3. The van der Waals surface area contributed by atoms with Gasteiger partial charge in [0, 0.05) is 24.0 Å². The lowest BCUT2D eigenvalue weighted by Gasteiger charge is -2.10. The lowest BCUT2D eigenvalue weighted by Crippen LogP contribution is -2.11. The lowest BCUT2D eigenvalue weighted by atomic mass is 10.3. The fourth-order valence-corrected chi connectivity index (χ4v) is 5.39. The number of nitrogens with zero attached hydrogens (tertiary/aromatic N) is 2. The predicted octanol–water partition coefficient (Wildman–Crippen LogP) is 4.59. The second-order valence-electron chi connectivity index (χ2n) is 5.58. The molecular formula is C17H18BrN5O2S2. The van der Waals surface area contributed by atoms with E-state index in [1.807, 2.05) is 19.9 Å². The summed E-state index contributed by atoms with van der Waals surface area (Å²) in [5.74, 6) is 2.07. The fraction of sp³-hybridized carbons (Fsp3) is 0.176. The zero-order valence-electron chi connectivity index (χ0n) is 14.7. The average molecular weight is 468 g/mol. The number of halogens is 1. The van der Waals surface area contributed by atoms with E-state index in [0.717, 1.165) is 33.2 Å². The van der Waals surface area contributed by atoms with Crippen molar-refractivity contribution in [3.63, 3.8) is 0 Å². The van der Waals surface area contributed by atoms with Crippen LogP contribution >= 0.6 is 27.3 Å². The second kappa shape index (κ2) is 8.24. The Bertz CT molecular complexity index is 1040. The van der Waals surface area contributed by atoms with E-state index in [1.165, 1.54) is 0 Å². The van der Waals surface area contributed by atoms with E-state index in [4.69, 9.17) is 0 Å². The maximum absolute atomic E-state index is 12.4. The van der Waals surface area contributed by atoms with Crippen LogP contribution in [0.15, 0.2) is 50.5 Å². The molecule has 0 unspecified atom stereocenters. The van der Waals surface area contributed by atoms with Gasteiger partial charge in [-0.2, -0.15) is 0 Å². The smallest absolute Gasteiger partial charge is 0.271 e. The molecule has 2 heterocycles. The zero-order valence-corrected chi connectivity index (χ0v) is 17.9. The number of hydrogen-bond acceptors (Lipinski definition) is 7. The number of thiophene rings is 1. The van der Waals surface area contributed by atoms with E-state index in [-0.39, 0.29) is 4.21 Å². The summed E-state index contributed by atoms with van der Waals surface area (Å²) in [7, 11) is -3.59. The highest BCUT2D eigenvalue weighted by Crippen LogP contribution is 2.28. The van der Waals surface area contributed by atoms with Crippen LogP contribution in [-0.4, -0.2) is 24.9 Å². The summed E-state index contributed by atoms with van der Waals surface area (Å²) in [4.78, 5) is 8.67. The lowest BCUT2D eigenvalue weighted by molar-refractivity contribution is 0.603. The second-order valence-corrected chi connectivity index (χ2v) is 9.95. The summed E-state index contributed by atoms with van der Waals surface area (Å²) in [5.41, 5.74) is 1.27. The van der Waals surface area contributed by atoms with E-state index < -0.39 is 10.0 Å². The molecule has 1 aromatic carbocycles. The number of aryl methyl sites for hydroxylation is 1. The molecule has 7 nitrogen and oxygen atoms in total. The molecular weight excluding hydrogens is 450 g/mol. The minimum Gasteiger partial charge on any atom is -0.370 e. The molecule has 3 N–H and O–H groups in total. The van der Waals surface area contributed by atoms with Gasteiger partial charge in [-0.15, -0.1) is 11.3 Å². The zero-order chi connectivity index (χ0) is 19.4. The third-order valence-electron chi connectivity index (χ3n) is 3.42. The standard InChI is InChI=1S/C17H18BrN5O2S2/c1-3-19-15-10-16(21-11(2)20-15)22-12-4-6-13(7-5-12)23-27(24,25)17-9-8-14(18)26-17/h4-10,23H,3H2,1-2H3,(H2,19,20,21,22). The first-order chi connectivity index (χ1) is 12.9. The van der Waals surface area contributed by atoms with Crippen molar-refractivity contribution in [3.05, 3.63) is 52.1 Å². The van der Waals surface area contributed by atoms with Gasteiger partial charge in [0.1, 0.15) is 21.7 Å². The van der Waals surface area contributed by atoms with Gasteiger partial charge in [-0.05, 0) is 66.2 Å². The third kappa shape index (κ3) is 5.18. The number of benzene rings is 1. The first-order valence-electron chi connectivity index (χ1n) is 8.10. The van der Waals surface area contributed by atoms with E-state index in [1.54, 1.807) is 36.4 Å². The van der Waals surface area contributed by atoms with E-state index in [0.29, 0.717) is 17.3 Å². The van der Waals surface area contributed by atoms with Crippen LogP contribution in [-0.2, 0) is 10.0 Å². The highest BCUT2D eigenvalue weighted by molar-refractivity contribution is 9.11. The quantitative estimate of drug-likeness (QED) is 0.470. The maximum atomic E-state index is 12.4. The van der Waals surface area contributed by atoms with Gasteiger partial charge in [0.2, 0.25) is 0 Å². The molecule has 3 rings (SSSR count). The highest BCUT2D eigenvalue weighted by Gasteiger charge is 2.16. The number of anilines is 4. The van der Waals surface area contributed by atoms with Gasteiger partial charge in [0.25, 0.3) is 10.0 Å². The summed E-state index contributed by atoms with van der Waals surface area (Å²) >= 11 is 4.43. The van der Waals surface area contributed by atoms with Crippen molar-refractivity contribution in [3.8, 4) is 0 Å². The van der Waals surface area contributed by atoms with Gasteiger partial charge >= 0.3 is 0 Å². The van der Waals surface area contributed by atoms with Crippen molar-refractivity contribution < 1.29 is 8.42 Å². The molecule has 0 atom stereocenters. The Morgan fingerprint density at radius 2 is 1.70 bits per heavy atom. The fourth-order valence-electron chi connectivity index (χ4n) is 2.32. The maximum Gasteiger partial charge on any atom is 0.271 e. The van der Waals surface area contributed by atoms with Crippen LogP contribution in [0, 0.1) is 6.92 Å². The normalized spacial score (nSPS) is 11.2. The first-order valence-corrected chi connectivity index (χ1v) is 11.2. The Labute approximate surface area is 170 Å². The van der Waals surface area contributed by atoms with Gasteiger partial charge in [0.15, 0.2) is 0 Å². The van der Waals surface area contributed by atoms with Crippen LogP contribution in [0.3, 0.4) is 0 Å². The van der Waals surface area contributed by atoms with Gasteiger partial charge in [-0.25, -0.2) is 18.4 Å². The van der Waals surface area contributed by atoms with Crippen LogP contribution in [0.5, 0.6) is 0 Å². The van der Waals surface area contributed by atoms with Crippen molar-refractivity contribution in [2.45, 2.75) is 18.1 Å². The molecule has 0 amide bonds. The van der Waals surface area contributed by atoms with Gasteiger partial charge in [0.05, 0.1) is 3.79 Å². The Balaban J connectivity index is 1.72. The Hall–Kier alpha value is -2.17. The first kappa shape index (κ1) is 19.6. The molecule has 0 bridgehead atoms. The van der Waals surface area contributed by atoms with Crippen molar-refractivity contribution in [2.24, 2.45) is 0 Å². The molecule has 0 saturated heterocycles. The molecule has 0 fully saturated rings. The van der Waals surface area contributed by atoms with E-state index >= 15 is 0 Å². The molecule has 0 saturated carbocycles. The molecule has 0 aliphatic carbocycles. The Morgan fingerprint density at radius 1 is 1.04 bits per heavy atom. The highest BCUT2D eigenvalue weighted by atomic mass is 79.9. The van der Waals surface area contributed by atoms with Gasteiger partial charge < -0.3 is 10.6 Å². The summed E-state index contributed by atoms with van der Waals surface area (Å²) in [6, 6.07) is 12.1. The molecule has 142 valence electrons. The van der Waals surface area contributed by atoms with Crippen LogP contribution in [0.2, 0.25) is 0 Å². The molecule has 10 heteroatoms. The van der Waals surface area contributed by atoms with Crippen molar-refractivity contribution in [2.75, 3.05) is 21.9 Å². The molecule has 0 aliphatic heterocycles. The van der Waals surface area contributed by atoms with E-state index in [2.05, 4.69) is 41.3 Å². The minimum absolute atomic E-state index is 0.254. The summed E-state index contributed by atoms with van der Waals surface area (Å²) < 4.78 is 28.3. The number of rotatable bonds is 7. The molecule has 27 heavy (non-hydrogen) atoms. The van der Waals surface area contributed by atoms with Crippen molar-refractivity contribution >= 4 is 60.3 Å². The van der Waals surface area contributed by atoms with Crippen LogP contribution < -0.4 is 15.4 Å². The van der Waals surface area contributed by atoms with Crippen LogP contribution in [0.25, 0.3) is 0 Å². The number of sulfonamides is 1. The van der Waals surface area contributed by atoms with Gasteiger partial charge in [-0.3, -0.25) is 4.72 Å². The third-order valence-corrected chi connectivity index (χ3v) is 6.92. The molecule has 0 spiro atoms. The monoisotopic (exact) mass is 467 g/mol. The molecule has 0 aliphatic rings. The number of aromatic nitrogens is 2. The predicted molar refractivity (Wildman–Crippen MR) is 113 cm³/mol. The van der Waals surface area contributed by atoms with E-state index in [9.17, 15) is 8.42 Å². The molecule has 0 radical (unpaired) electrons. The SMILES string of the molecule is CCNc1cc(Nc2ccc(NS(=O)(=O)c3ccc(Br)s3)cc2)nc(C)n1. The van der Waals surface area contributed by atoms with Crippen molar-refractivity contribution in [1.29, 1.82) is 0 Å². The van der Waals surface area contributed by atoms with Crippen LogP contribution in [0.1, 0.15) is 12.7 Å². The van der Waals surface area contributed by atoms with Gasteiger partial charge in [-0.1, -0.05) is 0 Å². The van der Waals surface area contributed by atoms with Crippen molar-refractivity contribution in [1.82, 2.24) is 9.97 Å². The summed E-state index contributed by atoms with van der Waals surface area (Å²) in [6.45, 7) is 4.59. The van der Waals surface area contributed by atoms with Crippen LogP contribution in [0.4, 0.5) is 23.0 Å². The Morgan fingerprint density at radius 3 is 2.33 bits per heavy atom. The Kier molecular flexibility index (Phi) is 5.98. The average Bonchev–Trinajstić information content (AvgIpc) is 3.04. The number of nitrogens with one attached hydrogen (secondary N) is 3. The summed E-state index contributed by atoms with van der Waals surface area (Å²) in [6.07, 6.45) is 0. The molecule has 2 aromatic heterocycles. The topological polar surface area (TPSA) is 96.0 Å². The largest absolute Gasteiger partial charge is 0.370 e.